The van der Waals surface area contributed by atoms with Crippen LogP contribution in [0.1, 0.15) is 34.7 Å². The van der Waals surface area contributed by atoms with E-state index in [2.05, 4.69) is 16.4 Å². The van der Waals surface area contributed by atoms with Gasteiger partial charge in [-0.15, -0.1) is 0 Å². The van der Waals surface area contributed by atoms with E-state index in [9.17, 15) is 10.1 Å². The summed E-state index contributed by atoms with van der Waals surface area (Å²) < 4.78 is 18.5. The maximum absolute atomic E-state index is 11.4. The van der Waals surface area contributed by atoms with Crippen LogP contribution in [0.5, 0.6) is 11.5 Å². The first-order valence-corrected chi connectivity index (χ1v) is 14.0. The molecule has 1 saturated heterocycles. The fourth-order valence-electron chi connectivity index (χ4n) is 5.36. The summed E-state index contributed by atoms with van der Waals surface area (Å²) in [4.78, 5) is 17.7. The lowest BCUT2D eigenvalue weighted by atomic mass is 9.96. The minimum atomic E-state index is -0.438. The molecule has 1 aliphatic rings. The number of aryl methyl sites for hydroxylation is 1. The second-order valence-electron chi connectivity index (χ2n) is 9.73. The molecule has 0 amide bonds. The summed E-state index contributed by atoms with van der Waals surface area (Å²) in [5.41, 5.74) is 5.11. The molecule has 3 heterocycles. The Morgan fingerprint density at radius 3 is 2.55 bits per heavy atom. The van der Waals surface area contributed by atoms with Crippen LogP contribution < -0.4 is 19.7 Å². The number of pyridine rings is 1. The molecule has 2 atom stereocenters. The van der Waals surface area contributed by atoms with Gasteiger partial charge in [0, 0.05) is 36.4 Å². The van der Waals surface area contributed by atoms with E-state index < -0.39 is 4.92 Å². The predicted octanol–water partition coefficient (Wildman–Crippen LogP) is 6.26. The van der Waals surface area contributed by atoms with Crippen molar-refractivity contribution in [2.45, 2.75) is 25.9 Å². The largest absolute Gasteiger partial charge is 0.494 e. The van der Waals surface area contributed by atoms with Crippen LogP contribution in [-0.4, -0.2) is 47.0 Å². The number of thiocarbonyl (C=S) groups is 1. The predicted molar refractivity (Wildman–Crippen MR) is 165 cm³/mol. The van der Waals surface area contributed by atoms with Crippen molar-refractivity contribution in [2.24, 2.45) is 0 Å². The molecule has 0 saturated carbocycles. The van der Waals surface area contributed by atoms with Gasteiger partial charge in [-0.2, -0.15) is 0 Å². The number of nitrogens with one attached hydrogen (secondary N) is 1. The second-order valence-corrected chi connectivity index (χ2v) is 10.5. The first kappa shape index (κ1) is 29.3. The van der Waals surface area contributed by atoms with Crippen LogP contribution in [0.25, 0.3) is 5.69 Å². The monoisotopic (exact) mass is 607 g/mol. The highest BCUT2D eigenvalue weighted by molar-refractivity contribution is 7.80. The van der Waals surface area contributed by atoms with Crippen molar-refractivity contribution in [3.05, 3.63) is 105 Å². The van der Waals surface area contributed by atoms with E-state index in [0.717, 1.165) is 28.3 Å². The van der Waals surface area contributed by atoms with Crippen LogP contribution in [0.3, 0.4) is 0 Å². The van der Waals surface area contributed by atoms with Crippen molar-refractivity contribution in [3.63, 3.8) is 0 Å². The topological polar surface area (TPSA) is 104 Å². The Labute approximate surface area is 253 Å². The van der Waals surface area contributed by atoms with Crippen LogP contribution >= 0.6 is 23.8 Å². The summed E-state index contributed by atoms with van der Waals surface area (Å²) in [6.45, 7) is 4.82. The minimum absolute atomic E-state index is 0.0449. The Kier molecular flexibility index (Phi) is 8.62. The summed E-state index contributed by atoms with van der Waals surface area (Å²) in [6.07, 6.45) is 1.76. The fourth-order valence-corrected chi connectivity index (χ4v) is 5.94. The first-order valence-electron chi connectivity index (χ1n) is 13.2. The first-order chi connectivity index (χ1) is 20.2. The summed E-state index contributed by atoms with van der Waals surface area (Å²) in [6, 6.07) is 17.5. The lowest BCUT2D eigenvalue weighted by Crippen LogP contribution is -2.29. The third-order valence-electron chi connectivity index (χ3n) is 7.24. The number of nitro groups is 1. The zero-order valence-electron chi connectivity index (χ0n) is 23.5. The van der Waals surface area contributed by atoms with E-state index in [1.165, 1.54) is 19.2 Å². The van der Waals surface area contributed by atoms with E-state index >= 15 is 0 Å². The average Bonchev–Trinajstić information content (AvgIpc) is 3.48. The van der Waals surface area contributed by atoms with Gasteiger partial charge in [0.2, 0.25) is 0 Å². The zero-order chi connectivity index (χ0) is 30.0. The number of nitrogens with zero attached hydrogens (tertiary/aromatic N) is 4. The van der Waals surface area contributed by atoms with Gasteiger partial charge >= 0.3 is 0 Å². The molecule has 10 nitrogen and oxygen atoms in total. The number of benzene rings is 2. The molecule has 1 aliphatic heterocycles. The molecule has 0 spiro atoms. The molecular weight excluding hydrogens is 578 g/mol. The molecule has 5 rings (SSSR count). The van der Waals surface area contributed by atoms with Crippen LogP contribution in [0, 0.1) is 24.0 Å². The molecule has 0 bridgehead atoms. The van der Waals surface area contributed by atoms with Crippen molar-refractivity contribution in [1.29, 1.82) is 0 Å². The van der Waals surface area contributed by atoms with Gasteiger partial charge in [-0.1, -0.05) is 17.7 Å². The molecule has 4 aromatic rings. The van der Waals surface area contributed by atoms with Gasteiger partial charge in [0.1, 0.15) is 18.1 Å². The Bertz CT molecular complexity index is 1630. The van der Waals surface area contributed by atoms with E-state index in [1.807, 2.05) is 59.7 Å². The van der Waals surface area contributed by atoms with E-state index in [-0.39, 0.29) is 17.8 Å². The number of hydrogen-bond acceptors (Lipinski definition) is 7. The summed E-state index contributed by atoms with van der Waals surface area (Å²) in [7, 11) is 3.12. The van der Waals surface area contributed by atoms with Crippen molar-refractivity contribution in [2.75, 3.05) is 32.3 Å². The highest BCUT2D eigenvalue weighted by atomic mass is 35.5. The maximum atomic E-state index is 11.4. The second kappa shape index (κ2) is 12.4. The van der Waals surface area contributed by atoms with Gasteiger partial charge in [0.15, 0.2) is 5.11 Å². The molecule has 12 heteroatoms. The Balaban J connectivity index is 1.63. The number of methoxy groups -OCH3 is 2. The molecule has 218 valence electrons. The number of aromatic nitrogens is 2. The lowest BCUT2D eigenvalue weighted by molar-refractivity contribution is -0.384. The SMILES string of the molecule is COCCOc1ccc(N2C(=S)N[C@H](c3ccccn3)[C@@H]2c2cc(C)n(-c3ccc([N+](=O)[O-])cc3OC)c2C)cc1Cl. The van der Waals surface area contributed by atoms with Crippen LogP contribution in [0.4, 0.5) is 11.4 Å². The van der Waals surface area contributed by atoms with Crippen molar-refractivity contribution < 1.29 is 19.1 Å². The fraction of sp³-hybridized carbons (Fsp3) is 0.267. The number of anilines is 1. The van der Waals surface area contributed by atoms with E-state index in [4.69, 9.17) is 38.0 Å². The molecule has 1 N–H and O–H groups in total. The Morgan fingerprint density at radius 1 is 1.07 bits per heavy atom. The molecule has 1 fully saturated rings. The number of ether oxygens (including phenoxy) is 3. The number of non-ortho nitro benzene ring substituents is 1. The standard InChI is InChI=1S/C30H30ClN5O5S/c1-18-15-22(19(2)34(18)25-10-8-21(36(37)38)17-27(25)40-4)29-28(24-7-5-6-12-32-24)33-30(42)35(29)20-9-11-26(23(31)16-20)41-14-13-39-3/h5-12,15-17,28-29H,13-14H2,1-4H3,(H,33,42)/t28-,29+/m1/s1. The van der Waals surface area contributed by atoms with Crippen LogP contribution in [0.2, 0.25) is 5.02 Å². The lowest BCUT2D eigenvalue weighted by Gasteiger charge is -2.28. The number of rotatable bonds is 10. The third-order valence-corrected chi connectivity index (χ3v) is 7.85. The minimum Gasteiger partial charge on any atom is -0.494 e. The maximum Gasteiger partial charge on any atom is 0.273 e. The van der Waals surface area contributed by atoms with Crippen molar-refractivity contribution in [1.82, 2.24) is 14.9 Å². The summed E-state index contributed by atoms with van der Waals surface area (Å²) in [5.74, 6) is 0.948. The Hall–Kier alpha value is -4.19. The molecule has 42 heavy (non-hydrogen) atoms. The molecule has 0 radical (unpaired) electrons. The van der Waals surface area contributed by atoms with Gasteiger partial charge in [0.25, 0.3) is 5.69 Å². The molecular formula is C30H30ClN5O5S. The Morgan fingerprint density at radius 2 is 1.88 bits per heavy atom. The van der Waals surface area contributed by atoms with Crippen molar-refractivity contribution >= 4 is 40.3 Å². The normalized spacial score (nSPS) is 16.4. The molecule has 0 aliphatic carbocycles. The number of halogens is 1. The molecule has 0 unspecified atom stereocenters. The van der Waals surface area contributed by atoms with E-state index in [0.29, 0.717) is 40.5 Å². The van der Waals surface area contributed by atoms with Gasteiger partial charge in [-0.25, -0.2) is 0 Å². The number of hydrogen-bond donors (Lipinski definition) is 1. The summed E-state index contributed by atoms with van der Waals surface area (Å²) in [5, 5.41) is 15.9. The van der Waals surface area contributed by atoms with Gasteiger partial charge in [-0.05, 0) is 74.1 Å². The number of nitro benzene ring substituents is 1. The smallest absolute Gasteiger partial charge is 0.273 e. The van der Waals surface area contributed by atoms with Crippen molar-refractivity contribution in [3.8, 4) is 17.2 Å². The van der Waals surface area contributed by atoms with Gasteiger partial charge < -0.3 is 29.0 Å². The zero-order valence-corrected chi connectivity index (χ0v) is 25.1. The highest BCUT2D eigenvalue weighted by Crippen LogP contribution is 2.45. The third kappa shape index (κ3) is 5.50. The van der Waals surface area contributed by atoms with Crippen LogP contribution in [-0.2, 0) is 4.74 Å². The van der Waals surface area contributed by atoms with Gasteiger partial charge in [-0.3, -0.25) is 15.1 Å². The highest BCUT2D eigenvalue weighted by Gasteiger charge is 2.42. The average molecular weight is 608 g/mol. The van der Waals surface area contributed by atoms with Crippen LogP contribution in [0.15, 0.2) is 66.9 Å². The molecule has 2 aromatic heterocycles. The molecule has 2 aromatic carbocycles. The van der Waals surface area contributed by atoms with Gasteiger partial charge in [0.05, 0.1) is 53.2 Å². The van der Waals surface area contributed by atoms with E-state index in [1.54, 1.807) is 19.4 Å². The summed E-state index contributed by atoms with van der Waals surface area (Å²) >= 11 is 12.6. The quantitative estimate of drug-likeness (QED) is 0.0967.